The SMILES string of the molecule is Nc1c(C(O)C(=O)O)ccc(Cl)c1C(F)(F)F. The summed E-state index contributed by atoms with van der Waals surface area (Å²) in [6, 6.07) is 1.77. The van der Waals surface area contributed by atoms with Gasteiger partial charge in [0.25, 0.3) is 0 Å². The number of halogens is 4. The predicted octanol–water partition coefficient (Wildman–Crippen LogP) is 2.06. The molecule has 94 valence electrons. The molecule has 0 aromatic heterocycles. The summed E-state index contributed by atoms with van der Waals surface area (Å²) in [6.07, 6.45) is -6.96. The van der Waals surface area contributed by atoms with Crippen LogP contribution in [0.25, 0.3) is 0 Å². The number of benzene rings is 1. The molecule has 1 unspecified atom stereocenters. The van der Waals surface area contributed by atoms with Crippen LogP contribution >= 0.6 is 11.6 Å². The lowest BCUT2D eigenvalue weighted by Gasteiger charge is -2.16. The molecule has 1 atom stereocenters. The van der Waals surface area contributed by atoms with Gasteiger partial charge in [-0.1, -0.05) is 17.7 Å². The van der Waals surface area contributed by atoms with E-state index in [0.717, 1.165) is 12.1 Å². The van der Waals surface area contributed by atoms with Crippen LogP contribution in [-0.2, 0) is 11.0 Å². The highest BCUT2D eigenvalue weighted by Crippen LogP contribution is 2.41. The van der Waals surface area contributed by atoms with Crippen molar-refractivity contribution in [2.24, 2.45) is 0 Å². The fourth-order valence-electron chi connectivity index (χ4n) is 1.27. The van der Waals surface area contributed by atoms with E-state index in [9.17, 15) is 18.0 Å². The first kappa shape index (κ1) is 13.6. The van der Waals surface area contributed by atoms with Gasteiger partial charge in [-0.25, -0.2) is 4.79 Å². The van der Waals surface area contributed by atoms with Gasteiger partial charge in [0, 0.05) is 5.56 Å². The molecular weight excluding hydrogens is 263 g/mol. The molecule has 0 spiro atoms. The molecule has 0 aliphatic heterocycles. The summed E-state index contributed by atoms with van der Waals surface area (Å²) < 4.78 is 37.7. The summed E-state index contributed by atoms with van der Waals surface area (Å²) in [7, 11) is 0. The summed E-state index contributed by atoms with van der Waals surface area (Å²) in [5.41, 5.74) is 2.40. The number of nitrogen functional groups attached to an aromatic ring is 1. The first-order valence-corrected chi connectivity index (χ1v) is 4.60. The number of anilines is 1. The molecule has 0 fully saturated rings. The Bertz CT molecular complexity index is 462. The van der Waals surface area contributed by atoms with Crippen LogP contribution in [0.3, 0.4) is 0 Å². The van der Waals surface area contributed by atoms with Gasteiger partial charge >= 0.3 is 12.1 Å². The van der Waals surface area contributed by atoms with Crippen LogP contribution in [0.1, 0.15) is 17.2 Å². The van der Waals surface area contributed by atoms with Gasteiger partial charge in [-0.2, -0.15) is 13.2 Å². The smallest absolute Gasteiger partial charge is 0.419 e. The lowest BCUT2D eigenvalue weighted by molar-refractivity contribution is -0.147. The molecule has 0 aliphatic rings. The number of carbonyl (C=O) groups is 1. The van der Waals surface area contributed by atoms with E-state index in [4.69, 9.17) is 27.5 Å². The molecule has 0 heterocycles. The van der Waals surface area contributed by atoms with Gasteiger partial charge < -0.3 is 15.9 Å². The van der Waals surface area contributed by atoms with Crippen molar-refractivity contribution < 1.29 is 28.2 Å². The van der Waals surface area contributed by atoms with Crippen LogP contribution in [0.5, 0.6) is 0 Å². The lowest BCUT2D eigenvalue weighted by atomic mass is 10.0. The Morgan fingerprint density at radius 1 is 1.41 bits per heavy atom. The summed E-state index contributed by atoms with van der Waals surface area (Å²) in [6.45, 7) is 0. The minimum absolute atomic E-state index is 0.547. The summed E-state index contributed by atoms with van der Waals surface area (Å²) in [4.78, 5) is 10.5. The molecule has 0 radical (unpaired) electrons. The van der Waals surface area contributed by atoms with Crippen molar-refractivity contribution in [1.29, 1.82) is 0 Å². The maximum atomic E-state index is 12.6. The third kappa shape index (κ3) is 2.62. The van der Waals surface area contributed by atoms with Gasteiger partial charge in [0.1, 0.15) is 0 Å². The van der Waals surface area contributed by atoms with Gasteiger partial charge in [0.15, 0.2) is 6.10 Å². The molecule has 4 N–H and O–H groups in total. The second kappa shape index (κ2) is 4.42. The average Bonchev–Trinajstić information content (AvgIpc) is 2.14. The highest BCUT2D eigenvalue weighted by atomic mass is 35.5. The van der Waals surface area contributed by atoms with Crippen LogP contribution in [-0.4, -0.2) is 16.2 Å². The first-order chi connectivity index (χ1) is 7.66. The third-order valence-electron chi connectivity index (χ3n) is 2.04. The van der Waals surface area contributed by atoms with Crippen LogP contribution in [0, 0.1) is 0 Å². The van der Waals surface area contributed by atoms with Gasteiger partial charge in [0.2, 0.25) is 0 Å². The third-order valence-corrected chi connectivity index (χ3v) is 2.36. The average molecular weight is 270 g/mol. The van der Waals surface area contributed by atoms with E-state index < -0.39 is 40.1 Å². The fourth-order valence-corrected chi connectivity index (χ4v) is 1.54. The Morgan fingerprint density at radius 2 is 1.94 bits per heavy atom. The van der Waals surface area contributed by atoms with Crippen LogP contribution in [0.4, 0.5) is 18.9 Å². The molecule has 0 bridgehead atoms. The maximum absolute atomic E-state index is 12.6. The summed E-state index contributed by atoms with van der Waals surface area (Å²) >= 11 is 5.34. The number of hydrogen-bond acceptors (Lipinski definition) is 3. The zero-order valence-corrected chi connectivity index (χ0v) is 8.88. The van der Waals surface area contributed by atoms with E-state index in [-0.39, 0.29) is 0 Å². The Balaban J connectivity index is 3.44. The molecule has 0 saturated heterocycles. The number of hydrogen-bond donors (Lipinski definition) is 3. The van der Waals surface area contributed by atoms with Gasteiger partial charge in [0.05, 0.1) is 16.3 Å². The van der Waals surface area contributed by atoms with Crippen LogP contribution in [0.15, 0.2) is 12.1 Å². The van der Waals surface area contributed by atoms with Crippen molar-refractivity contribution in [2.45, 2.75) is 12.3 Å². The minimum atomic E-state index is -4.82. The second-order valence-electron chi connectivity index (χ2n) is 3.16. The van der Waals surface area contributed by atoms with E-state index in [1.807, 2.05) is 0 Å². The number of nitrogens with two attached hydrogens (primary N) is 1. The van der Waals surface area contributed by atoms with Crippen molar-refractivity contribution in [1.82, 2.24) is 0 Å². The molecule has 0 saturated carbocycles. The molecule has 1 rings (SSSR count). The van der Waals surface area contributed by atoms with Gasteiger partial charge in [-0.05, 0) is 6.07 Å². The molecule has 0 amide bonds. The molecular formula is C9H7ClF3NO3. The highest BCUT2D eigenvalue weighted by molar-refractivity contribution is 6.31. The standard InChI is InChI=1S/C9H7ClF3NO3/c10-4-2-1-3(7(15)8(16)17)6(14)5(4)9(11,12)13/h1-2,7,15H,14H2,(H,16,17). The Kier molecular flexibility index (Phi) is 3.53. The fraction of sp³-hybridized carbons (Fsp3) is 0.222. The Labute approximate surface area is 98.4 Å². The number of aliphatic carboxylic acids is 1. The second-order valence-corrected chi connectivity index (χ2v) is 3.57. The van der Waals surface area contributed by atoms with Crippen molar-refractivity contribution >= 4 is 23.3 Å². The quantitative estimate of drug-likeness (QED) is 0.718. The minimum Gasteiger partial charge on any atom is -0.479 e. The van der Waals surface area contributed by atoms with Crippen molar-refractivity contribution in [3.05, 3.63) is 28.3 Å². The maximum Gasteiger partial charge on any atom is 0.419 e. The molecule has 4 nitrogen and oxygen atoms in total. The number of carboxylic acids is 1. The van der Waals surface area contributed by atoms with Crippen molar-refractivity contribution in [3.63, 3.8) is 0 Å². The summed E-state index contributed by atoms with van der Waals surface area (Å²) in [5, 5.41) is 17.0. The van der Waals surface area contributed by atoms with E-state index in [1.165, 1.54) is 0 Å². The summed E-state index contributed by atoms with van der Waals surface area (Å²) in [5.74, 6) is -1.70. The number of alkyl halides is 3. The number of carboxylic acid groups (broad SMARTS) is 1. The first-order valence-electron chi connectivity index (χ1n) is 4.22. The largest absolute Gasteiger partial charge is 0.479 e. The van der Waals surface area contributed by atoms with Crippen molar-refractivity contribution in [2.75, 3.05) is 5.73 Å². The van der Waals surface area contributed by atoms with Gasteiger partial charge in [-0.15, -0.1) is 0 Å². The van der Waals surface area contributed by atoms with E-state index >= 15 is 0 Å². The zero-order valence-electron chi connectivity index (χ0n) is 8.12. The monoisotopic (exact) mass is 269 g/mol. The highest BCUT2D eigenvalue weighted by Gasteiger charge is 2.37. The Morgan fingerprint density at radius 3 is 2.35 bits per heavy atom. The number of rotatable bonds is 2. The molecule has 0 aliphatic carbocycles. The Hall–Kier alpha value is -1.47. The number of aliphatic hydroxyl groups is 1. The van der Waals surface area contributed by atoms with Gasteiger partial charge in [-0.3, -0.25) is 0 Å². The topological polar surface area (TPSA) is 83.5 Å². The van der Waals surface area contributed by atoms with E-state index in [2.05, 4.69) is 0 Å². The van der Waals surface area contributed by atoms with E-state index in [1.54, 1.807) is 0 Å². The lowest BCUT2D eigenvalue weighted by Crippen LogP contribution is -2.17. The normalized spacial score (nSPS) is 13.5. The number of aliphatic hydroxyl groups excluding tert-OH is 1. The molecule has 1 aromatic carbocycles. The molecule has 17 heavy (non-hydrogen) atoms. The van der Waals surface area contributed by atoms with E-state index in [0.29, 0.717) is 0 Å². The molecule has 1 aromatic rings. The van der Waals surface area contributed by atoms with Crippen LogP contribution in [0.2, 0.25) is 5.02 Å². The van der Waals surface area contributed by atoms with Crippen LogP contribution < -0.4 is 5.73 Å². The van der Waals surface area contributed by atoms with Crippen molar-refractivity contribution in [3.8, 4) is 0 Å². The zero-order chi connectivity index (χ0) is 13.4. The molecule has 8 heteroatoms. The predicted molar refractivity (Wildman–Crippen MR) is 53.5 cm³/mol.